The summed E-state index contributed by atoms with van der Waals surface area (Å²) in [7, 11) is -4.73. The van der Waals surface area contributed by atoms with Crippen molar-refractivity contribution in [3.05, 3.63) is 87.6 Å². The van der Waals surface area contributed by atoms with E-state index in [1.54, 1.807) is 18.2 Å². The first-order valence-electron chi connectivity index (χ1n) is 13.2. The van der Waals surface area contributed by atoms with Crippen molar-refractivity contribution < 1.29 is 53.1 Å². The SMILES string of the molecule is CCS(=O)(=O)c1cc(C(F)(C(F)(F)F)C(F)(F)F)cc(Br)c1NC(=O)c1cccc(N(CC2CC2)C(=O)c2ccccc2)c1F. The van der Waals surface area contributed by atoms with E-state index in [0.717, 1.165) is 30.7 Å². The van der Waals surface area contributed by atoms with Crippen LogP contribution in [0.2, 0.25) is 0 Å². The number of benzene rings is 3. The first kappa shape index (κ1) is 34.3. The number of rotatable bonds is 9. The molecule has 3 aromatic carbocycles. The molecule has 16 heteroatoms. The molecule has 0 bridgehead atoms. The Hall–Kier alpha value is -3.53. The standard InChI is InChI=1S/C29H23BrF8N2O4S/c1-2-45(43,44)22-14-18(27(32,28(33,34)35)29(36,37)38)13-20(30)24(22)39-25(41)19-9-6-10-21(23(19)31)40(15-16-11-12-16)26(42)17-7-4-3-5-8-17/h3-10,13-14,16H,2,11-12,15H2,1H3,(H,39,41). The van der Waals surface area contributed by atoms with Crippen LogP contribution in [0.15, 0.2) is 70.0 Å². The summed E-state index contributed by atoms with van der Waals surface area (Å²) in [4.78, 5) is 26.5. The maximum atomic E-state index is 15.9. The number of alkyl halides is 7. The molecule has 1 aliphatic rings. The van der Waals surface area contributed by atoms with E-state index >= 15 is 4.39 Å². The lowest BCUT2D eigenvalue weighted by atomic mass is 9.94. The number of sulfone groups is 1. The van der Waals surface area contributed by atoms with E-state index in [-0.39, 0.29) is 35.8 Å². The number of carbonyl (C=O) groups excluding carboxylic acids is 2. The van der Waals surface area contributed by atoms with Crippen molar-refractivity contribution in [1.29, 1.82) is 0 Å². The zero-order valence-corrected chi connectivity index (χ0v) is 25.5. The molecule has 242 valence electrons. The topological polar surface area (TPSA) is 83.6 Å². The van der Waals surface area contributed by atoms with Gasteiger partial charge < -0.3 is 10.2 Å². The van der Waals surface area contributed by atoms with Gasteiger partial charge in [0.25, 0.3) is 11.8 Å². The molecule has 0 spiro atoms. The molecule has 0 heterocycles. The largest absolute Gasteiger partial charge is 0.435 e. The average Bonchev–Trinajstić information content (AvgIpc) is 3.79. The van der Waals surface area contributed by atoms with Crippen molar-refractivity contribution in [2.75, 3.05) is 22.5 Å². The van der Waals surface area contributed by atoms with Crippen LogP contribution in [0.5, 0.6) is 0 Å². The predicted octanol–water partition coefficient (Wildman–Crippen LogP) is 7.98. The molecule has 2 amide bonds. The van der Waals surface area contributed by atoms with Crippen LogP contribution >= 0.6 is 15.9 Å². The van der Waals surface area contributed by atoms with Gasteiger partial charge in [-0.2, -0.15) is 26.3 Å². The van der Waals surface area contributed by atoms with Gasteiger partial charge in [0.15, 0.2) is 15.7 Å². The van der Waals surface area contributed by atoms with Crippen LogP contribution in [-0.2, 0) is 15.5 Å². The van der Waals surface area contributed by atoms with Crippen LogP contribution < -0.4 is 10.2 Å². The number of halogens is 9. The molecule has 0 atom stereocenters. The quantitative estimate of drug-likeness (QED) is 0.227. The monoisotopic (exact) mass is 726 g/mol. The number of carbonyl (C=O) groups is 2. The molecule has 1 fully saturated rings. The highest BCUT2D eigenvalue weighted by molar-refractivity contribution is 9.10. The number of amides is 2. The van der Waals surface area contributed by atoms with Crippen LogP contribution in [0.4, 0.5) is 46.5 Å². The Balaban J connectivity index is 1.80. The molecule has 6 nitrogen and oxygen atoms in total. The van der Waals surface area contributed by atoms with Gasteiger partial charge >= 0.3 is 18.0 Å². The molecule has 0 aromatic heterocycles. The van der Waals surface area contributed by atoms with Gasteiger partial charge in [-0.15, -0.1) is 0 Å². The first-order chi connectivity index (χ1) is 20.8. The van der Waals surface area contributed by atoms with E-state index in [0.29, 0.717) is 0 Å². The number of hydrogen-bond acceptors (Lipinski definition) is 4. The maximum Gasteiger partial charge on any atom is 0.435 e. The summed E-state index contributed by atoms with van der Waals surface area (Å²) in [5, 5.41) is 2.02. The number of nitrogens with one attached hydrogen (secondary N) is 1. The fraction of sp³-hybridized carbons (Fsp3) is 0.310. The van der Waals surface area contributed by atoms with Crippen molar-refractivity contribution in [3.8, 4) is 0 Å². The minimum absolute atomic E-state index is 0.0357. The van der Waals surface area contributed by atoms with Gasteiger partial charge in [0, 0.05) is 22.1 Å². The van der Waals surface area contributed by atoms with E-state index < -0.39 is 77.4 Å². The van der Waals surface area contributed by atoms with Gasteiger partial charge in [-0.1, -0.05) is 31.2 Å². The Kier molecular flexibility index (Phi) is 9.42. The Labute approximate surface area is 260 Å². The van der Waals surface area contributed by atoms with E-state index in [1.165, 1.54) is 24.3 Å². The minimum atomic E-state index is -6.55. The third kappa shape index (κ3) is 6.71. The number of hydrogen-bond donors (Lipinski definition) is 1. The summed E-state index contributed by atoms with van der Waals surface area (Å²) >= 11 is 2.65. The Morgan fingerprint density at radius 1 is 0.933 bits per heavy atom. The molecule has 0 radical (unpaired) electrons. The lowest BCUT2D eigenvalue weighted by molar-refractivity contribution is -0.348. The fourth-order valence-electron chi connectivity index (χ4n) is 4.46. The summed E-state index contributed by atoms with van der Waals surface area (Å²) < 4.78 is 136. The summed E-state index contributed by atoms with van der Waals surface area (Å²) in [6, 6.07) is 11.2. The number of anilines is 2. The summed E-state index contributed by atoms with van der Waals surface area (Å²) in [6.45, 7) is 1.13. The van der Waals surface area contributed by atoms with Gasteiger partial charge in [0.1, 0.15) is 0 Å². The lowest BCUT2D eigenvalue weighted by Crippen LogP contribution is -2.50. The molecule has 3 aromatic rings. The van der Waals surface area contributed by atoms with Crippen LogP contribution in [0, 0.1) is 11.7 Å². The molecule has 0 saturated heterocycles. The first-order valence-corrected chi connectivity index (χ1v) is 15.6. The third-order valence-corrected chi connectivity index (χ3v) is 9.48. The Bertz CT molecular complexity index is 1710. The fourth-order valence-corrected chi connectivity index (χ4v) is 6.24. The lowest BCUT2D eigenvalue weighted by Gasteiger charge is -2.31. The Morgan fingerprint density at radius 3 is 2.07 bits per heavy atom. The second-order valence-electron chi connectivity index (χ2n) is 10.2. The number of nitrogens with zero attached hydrogens (tertiary/aromatic N) is 1. The molecule has 0 aliphatic heterocycles. The van der Waals surface area contributed by atoms with Crippen molar-refractivity contribution in [2.45, 2.75) is 42.7 Å². The smallest absolute Gasteiger partial charge is 0.320 e. The normalized spacial score (nSPS) is 14.3. The zero-order valence-electron chi connectivity index (χ0n) is 23.1. The molecular weight excluding hydrogens is 704 g/mol. The van der Waals surface area contributed by atoms with E-state index in [9.17, 15) is 48.7 Å². The highest BCUT2D eigenvalue weighted by Gasteiger charge is 2.73. The highest BCUT2D eigenvalue weighted by atomic mass is 79.9. The molecule has 0 unspecified atom stereocenters. The molecule has 1 aliphatic carbocycles. The van der Waals surface area contributed by atoms with E-state index in [4.69, 9.17) is 0 Å². The zero-order chi connectivity index (χ0) is 33.5. The molecule has 1 N–H and O–H groups in total. The Morgan fingerprint density at radius 2 is 1.53 bits per heavy atom. The van der Waals surface area contributed by atoms with E-state index in [1.807, 2.05) is 5.32 Å². The van der Waals surface area contributed by atoms with E-state index in [2.05, 4.69) is 15.9 Å². The molecule has 45 heavy (non-hydrogen) atoms. The van der Waals surface area contributed by atoms with Crippen LogP contribution in [-0.4, -0.2) is 44.9 Å². The van der Waals surface area contributed by atoms with Crippen molar-refractivity contribution in [1.82, 2.24) is 0 Å². The molecule has 1 saturated carbocycles. The summed E-state index contributed by atoms with van der Waals surface area (Å²) in [5.41, 5.74) is -9.72. The van der Waals surface area contributed by atoms with Gasteiger partial charge in [-0.3, -0.25) is 9.59 Å². The van der Waals surface area contributed by atoms with Crippen molar-refractivity contribution in [2.24, 2.45) is 5.92 Å². The van der Waals surface area contributed by atoms with Gasteiger partial charge in [-0.25, -0.2) is 17.2 Å². The average molecular weight is 727 g/mol. The van der Waals surface area contributed by atoms with Crippen LogP contribution in [0.1, 0.15) is 46.0 Å². The summed E-state index contributed by atoms with van der Waals surface area (Å²) in [5.74, 6) is -3.93. The maximum absolute atomic E-state index is 15.9. The third-order valence-electron chi connectivity index (χ3n) is 7.10. The van der Waals surface area contributed by atoms with Gasteiger partial charge in [0.2, 0.25) is 0 Å². The second kappa shape index (κ2) is 12.3. The predicted molar refractivity (Wildman–Crippen MR) is 152 cm³/mol. The molecule has 4 rings (SSSR count). The second-order valence-corrected chi connectivity index (χ2v) is 13.3. The van der Waals surface area contributed by atoms with Crippen LogP contribution in [0.25, 0.3) is 0 Å². The van der Waals surface area contributed by atoms with Gasteiger partial charge in [0.05, 0.1) is 27.6 Å². The summed E-state index contributed by atoms with van der Waals surface area (Å²) in [6.07, 6.45) is -11.5. The van der Waals surface area contributed by atoms with Crippen LogP contribution in [0.3, 0.4) is 0 Å². The molecular formula is C29H23BrF8N2O4S. The highest BCUT2D eigenvalue weighted by Crippen LogP contribution is 2.54. The van der Waals surface area contributed by atoms with Crippen molar-refractivity contribution >= 4 is 49.0 Å². The van der Waals surface area contributed by atoms with Gasteiger partial charge in [-0.05, 0) is 71.1 Å². The minimum Gasteiger partial charge on any atom is -0.320 e. The van der Waals surface area contributed by atoms with Crippen molar-refractivity contribution in [3.63, 3.8) is 0 Å².